The van der Waals surface area contributed by atoms with Crippen LogP contribution in [0.25, 0.3) is 0 Å². The maximum absolute atomic E-state index is 8.50. The van der Waals surface area contributed by atoms with Gasteiger partial charge in [0.25, 0.3) is 5.82 Å². The lowest BCUT2D eigenvalue weighted by atomic mass is 10.5. The minimum Gasteiger partial charge on any atom is -0.246 e. The normalized spacial score (nSPS) is 10.0. The molecule has 0 aliphatic heterocycles. The highest BCUT2D eigenvalue weighted by molar-refractivity contribution is 7.13. The lowest BCUT2D eigenvalue weighted by Gasteiger charge is -1.93. The van der Waals surface area contributed by atoms with E-state index in [0.717, 1.165) is 5.69 Å². The van der Waals surface area contributed by atoms with Crippen molar-refractivity contribution in [2.45, 2.75) is 6.54 Å². The number of hydrogen-bond donors (Lipinski definition) is 0. The minimum atomic E-state index is 0.159. The van der Waals surface area contributed by atoms with Crippen LogP contribution in [0.2, 0.25) is 4.47 Å². The maximum atomic E-state index is 8.50. The van der Waals surface area contributed by atoms with E-state index in [1.807, 2.05) is 11.4 Å². The van der Waals surface area contributed by atoms with Gasteiger partial charge in [-0.2, -0.15) is 5.26 Å². The predicted octanol–water partition coefficient (Wildman–Crippen LogP) is 1.31. The molecule has 0 aliphatic rings. The first-order chi connectivity index (χ1) is 6.78. The van der Waals surface area contributed by atoms with E-state index >= 15 is 0 Å². The van der Waals surface area contributed by atoms with Crippen molar-refractivity contribution < 1.29 is 0 Å². The molecule has 2 aromatic rings. The highest BCUT2D eigenvalue weighted by atomic mass is 35.5. The third-order valence-corrected chi connectivity index (χ3v) is 2.51. The van der Waals surface area contributed by atoms with Gasteiger partial charge in [-0.05, 0) is 0 Å². The topological polar surface area (TPSA) is 67.4 Å². The molecular formula is C7H4ClN5S. The van der Waals surface area contributed by atoms with E-state index in [4.69, 9.17) is 16.9 Å². The fourth-order valence-electron chi connectivity index (χ4n) is 0.943. The summed E-state index contributed by atoms with van der Waals surface area (Å²) in [6, 6.07) is 1.85. The highest BCUT2D eigenvalue weighted by Crippen LogP contribution is 2.15. The van der Waals surface area contributed by atoms with Crippen LogP contribution in [0.1, 0.15) is 11.5 Å². The van der Waals surface area contributed by atoms with Gasteiger partial charge in [0.1, 0.15) is 12.4 Å². The molecule has 0 amide bonds. The molecule has 0 saturated heterocycles. The smallest absolute Gasteiger partial charge is 0.246 e. The molecule has 2 aromatic heterocycles. The summed E-state index contributed by atoms with van der Waals surface area (Å²) in [5.41, 5.74) is 0.814. The van der Waals surface area contributed by atoms with E-state index in [1.54, 1.807) is 4.68 Å². The second-order valence-electron chi connectivity index (χ2n) is 2.47. The Hall–Kier alpha value is -1.45. The van der Waals surface area contributed by atoms with Crippen molar-refractivity contribution in [3.05, 3.63) is 27.7 Å². The summed E-state index contributed by atoms with van der Waals surface area (Å²) in [7, 11) is 0. The van der Waals surface area contributed by atoms with Crippen molar-refractivity contribution in [1.82, 2.24) is 19.7 Å². The van der Waals surface area contributed by atoms with Crippen LogP contribution in [0.15, 0.2) is 11.7 Å². The fourth-order valence-corrected chi connectivity index (χ4v) is 1.72. The van der Waals surface area contributed by atoms with E-state index in [9.17, 15) is 0 Å². The quantitative estimate of drug-likeness (QED) is 0.773. The summed E-state index contributed by atoms with van der Waals surface area (Å²) in [4.78, 5) is 7.82. The van der Waals surface area contributed by atoms with Gasteiger partial charge in [0.15, 0.2) is 4.47 Å². The molecule has 0 N–H and O–H groups in total. The molecule has 0 aromatic carbocycles. The van der Waals surface area contributed by atoms with E-state index in [0.29, 0.717) is 11.0 Å². The van der Waals surface area contributed by atoms with Gasteiger partial charge in [-0.1, -0.05) is 11.6 Å². The third-order valence-electron chi connectivity index (χ3n) is 1.48. The van der Waals surface area contributed by atoms with Gasteiger partial charge in [-0.15, -0.1) is 16.4 Å². The first-order valence-electron chi connectivity index (χ1n) is 3.67. The maximum Gasteiger partial charge on any atom is 0.252 e. The molecule has 0 atom stereocenters. The lowest BCUT2D eigenvalue weighted by molar-refractivity contribution is 0.671. The predicted molar refractivity (Wildman–Crippen MR) is 51.0 cm³/mol. The molecule has 7 heteroatoms. The zero-order valence-corrected chi connectivity index (χ0v) is 8.46. The Bertz CT molecular complexity index is 482. The second-order valence-corrected chi connectivity index (χ2v) is 3.91. The highest BCUT2D eigenvalue weighted by Gasteiger charge is 2.03. The van der Waals surface area contributed by atoms with Gasteiger partial charge < -0.3 is 0 Å². The fraction of sp³-hybridized carbons (Fsp3) is 0.143. The summed E-state index contributed by atoms with van der Waals surface area (Å²) in [5.74, 6) is 0.159. The van der Waals surface area contributed by atoms with E-state index in [1.165, 1.54) is 17.7 Å². The molecular weight excluding hydrogens is 222 g/mol. The monoisotopic (exact) mass is 225 g/mol. The Kier molecular flexibility index (Phi) is 2.43. The Morgan fingerprint density at radius 3 is 3.07 bits per heavy atom. The van der Waals surface area contributed by atoms with Crippen LogP contribution in [0.3, 0.4) is 0 Å². The van der Waals surface area contributed by atoms with Crippen LogP contribution in [0.4, 0.5) is 0 Å². The Balaban J connectivity index is 2.15. The molecule has 0 aliphatic carbocycles. The number of halogens is 1. The molecule has 0 radical (unpaired) electrons. The first-order valence-corrected chi connectivity index (χ1v) is 4.93. The number of nitrogens with zero attached hydrogens (tertiary/aromatic N) is 5. The molecule has 14 heavy (non-hydrogen) atoms. The molecule has 0 spiro atoms. The molecule has 5 nitrogen and oxygen atoms in total. The van der Waals surface area contributed by atoms with E-state index in [-0.39, 0.29) is 5.82 Å². The number of thiazole rings is 1. The van der Waals surface area contributed by atoms with Gasteiger partial charge >= 0.3 is 0 Å². The SMILES string of the molecule is N#Cc1ncn(Cc2csc(Cl)n2)n1. The average molecular weight is 226 g/mol. The van der Waals surface area contributed by atoms with Crippen LogP contribution in [0, 0.1) is 11.3 Å². The zero-order valence-electron chi connectivity index (χ0n) is 6.88. The van der Waals surface area contributed by atoms with Gasteiger partial charge in [0.05, 0.1) is 12.2 Å². The number of nitriles is 1. The molecule has 2 rings (SSSR count). The van der Waals surface area contributed by atoms with Gasteiger partial charge in [0, 0.05) is 5.38 Å². The third kappa shape index (κ3) is 1.89. The number of aromatic nitrogens is 4. The molecule has 0 bridgehead atoms. The molecule has 2 heterocycles. The van der Waals surface area contributed by atoms with Crippen molar-refractivity contribution in [2.24, 2.45) is 0 Å². The Labute approximate surface area is 88.6 Å². The van der Waals surface area contributed by atoms with Crippen molar-refractivity contribution >= 4 is 22.9 Å². The molecule has 70 valence electrons. The van der Waals surface area contributed by atoms with Crippen molar-refractivity contribution in [3.63, 3.8) is 0 Å². The first kappa shape index (κ1) is 9.12. The molecule has 0 saturated carbocycles. The van der Waals surface area contributed by atoms with Crippen LogP contribution in [-0.2, 0) is 6.54 Å². The van der Waals surface area contributed by atoms with Gasteiger partial charge in [0.2, 0.25) is 0 Å². The average Bonchev–Trinajstić information content (AvgIpc) is 2.76. The van der Waals surface area contributed by atoms with Crippen LogP contribution >= 0.6 is 22.9 Å². The van der Waals surface area contributed by atoms with Crippen LogP contribution in [0.5, 0.6) is 0 Å². The summed E-state index contributed by atoms with van der Waals surface area (Å²) >= 11 is 7.03. The van der Waals surface area contributed by atoms with Crippen molar-refractivity contribution in [1.29, 1.82) is 5.26 Å². The molecule has 0 fully saturated rings. The van der Waals surface area contributed by atoms with E-state index < -0.39 is 0 Å². The van der Waals surface area contributed by atoms with Gasteiger partial charge in [-0.3, -0.25) is 0 Å². The van der Waals surface area contributed by atoms with E-state index in [2.05, 4.69) is 15.1 Å². The molecule has 0 unspecified atom stereocenters. The zero-order chi connectivity index (χ0) is 9.97. The number of rotatable bonds is 2. The van der Waals surface area contributed by atoms with Crippen LogP contribution < -0.4 is 0 Å². The summed E-state index contributed by atoms with van der Waals surface area (Å²) in [6.07, 6.45) is 1.49. The standard InChI is InChI=1S/C7H4ClN5S/c8-7-11-5(3-14-7)2-13-4-10-6(1-9)12-13/h3-4H,2H2. The number of hydrogen-bond acceptors (Lipinski definition) is 5. The lowest BCUT2D eigenvalue weighted by Crippen LogP contribution is -2.00. The Morgan fingerprint density at radius 2 is 2.50 bits per heavy atom. The van der Waals surface area contributed by atoms with Crippen LogP contribution in [-0.4, -0.2) is 19.7 Å². The second kappa shape index (κ2) is 3.74. The minimum absolute atomic E-state index is 0.159. The summed E-state index contributed by atoms with van der Waals surface area (Å²) in [5, 5.41) is 14.2. The van der Waals surface area contributed by atoms with Crippen molar-refractivity contribution in [3.8, 4) is 6.07 Å². The van der Waals surface area contributed by atoms with Crippen molar-refractivity contribution in [2.75, 3.05) is 0 Å². The summed E-state index contributed by atoms with van der Waals surface area (Å²) < 4.78 is 2.05. The van der Waals surface area contributed by atoms with Gasteiger partial charge in [-0.25, -0.2) is 14.6 Å². The largest absolute Gasteiger partial charge is 0.252 e. The summed E-state index contributed by atoms with van der Waals surface area (Å²) in [6.45, 7) is 0.484. The Morgan fingerprint density at radius 1 is 1.64 bits per heavy atom.